The first-order valence-electron chi connectivity index (χ1n) is 4.48. The van der Waals surface area contributed by atoms with Gasteiger partial charge in [-0.15, -0.1) is 0 Å². The highest BCUT2D eigenvalue weighted by atomic mass is 16.1. The Morgan fingerprint density at radius 3 is 2.46 bits per heavy atom. The number of hydrogen-bond acceptors (Lipinski definition) is 2. The van der Waals surface area contributed by atoms with Crippen LogP contribution in [0.1, 0.15) is 24.8 Å². The lowest BCUT2D eigenvalue weighted by Gasteiger charge is -2.12. The zero-order valence-electron chi connectivity index (χ0n) is 7.86. The smallest absolute Gasteiger partial charge is 0.130 e. The standard InChI is InChI=1S/C11H15NO/c1-9(13)7-11(8-12)10-5-3-2-4-6-10/h2-6,11H,7-8,12H2,1H3. The molecule has 1 rings (SSSR count). The van der Waals surface area contributed by atoms with Crippen molar-refractivity contribution >= 4 is 5.78 Å². The fourth-order valence-electron chi connectivity index (χ4n) is 1.41. The summed E-state index contributed by atoms with van der Waals surface area (Å²) >= 11 is 0. The lowest BCUT2D eigenvalue weighted by Crippen LogP contribution is -2.15. The van der Waals surface area contributed by atoms with Gasteiger partial charge in [0.25, 0.3) is 0 Å². The van der Waals surface area contributed by atoms with E-state index in [1.807, 2.05) is 30.3 Å². The fourth-order valence-corrected chi connectivity index (χ4v) is 1.41. The molecule has 1 unspecified atom stereocenters. The molecule has 0 heterocycles. The van der Waals surface area contributed by atoms with Crippen LogP contribution in [0.15, 0.2) is 30.3 Å². The first-order valence-corrected chi connectivity index (χ1v) is 4.48. The summed E-state index contributed by atoms with van der Waals surface area (Å²) in [5.74, 6) is 0.373. The van der Waals surface area contributed by atoms with Gasteiger partial charge in [0.05, 0.1) is 0 Å². The minimum atomic E-state index is 0.179. The van der Waals surface area contributed by atoms with Gasteiger partial charge in [-0.1, -0.05) is 30.3 Å². The van der Waals surface area contributed by atoms with Crippen molar-refractivity contribution in [3.8, 4) is 0 Å². The molecule has 2 heteroatoms. The third-order valence-electron chi connectivity index (χ3n) is 2.09. The Hall–Kier alpha value is -1.15. The van der Waals surface area contributed by atoms with Gasteiger partial charge >= 0.3 is 0 Å². The van der Waals surface area contributed by atoms with E-state index in [9.17, 15) is 4.79 Å². The lowest BCUT2D eigenvalue weighted by atomic mass is 9.94. The summed E-state index contributed by atoms with van der Waals surface area (Å²) in [7, 11) is 0. The van der Waals surface area contributed by atoms with Gasteiger partial charge < -0.3 is 10.5 Å². The molecule has 0 aliphatic rings. The first-order chi connectivity index (χ1) is 6.24. The molecular weight excluding hydrogens is 162 g/mol. The van der Waals surface area contributed by atoms with Crippen molar-refractivity contribution in [2.45, 2.75) is 19.3 Å². The van der Waals surface area contributed by atoms with Crippen LogP contribution in [-0.2, 0) is 4.79 Å². The fraction of sp³-hybridized carbons (Fsp3) is 0.364. The summed E-state index contributed by atoms with van der Waals surface area (Å²) in [5, 5.41) is 0. The molecule has 0 fully saturated rings. The van der Waals surface area contributed by atoms with Crippen LogP contribution in [0.4, 0.5) is 0 Å². The number of carbonyl (C=O) groups excluding carboxylic acids is 1. The van der Waals surface area contributed by atoms with Crippen LogP contribution >= 0.6 is 0 Å². The molecule has 2 N–H and O–H groups in total. The number of hydrogen-bond donors (Lipinski definition) is 1. The first kappa shape index (κ1) is 9.93. The molecule has 1 aromatic carbocycles. The van der Waals surface area contributed by atoms with Gasteiger partial charge in [-0.2, -0.15) is 0 Å². The molecule has 0 amide bonds. The van der Waals surface area contributed by atoms with Gasteiger partial charge in [0, 0.05) is 12.3 Å². The molecule has 0 saturated heterocycles. The largest absolute Gasteiger partial charge is 0.330 e. The van der Waals surface area contributed by atoms with E-state index in [0.717, 1.165) is 5.56 Å². The van der Waals surface area contributed by atoms with E-state index in [0.29, 0.717) is 13.0 Å². The van der Waals surface area contributed by atoms with E-state index >= 15 is 0 Å². The van der Waals surface area contributed by atoms with Crippen LogP contribution in [-0.4, -0.2) is 12.3 Å². The molecule has 2 nitrogen and oxygen atoms in total. The molecule has 0 radical (unpaired) electrons. The summed E-state index contributed by atoms with van der Waals surface area (Å²) in [6, 6.07) is 9.93. The topological polar surface area (TPSA) is 43.1 Å². The van der Waals surface area contributed by atoms with Crippen molar-refractivity contribution in [1.82, 2.24) is 0 Å². The van der Waals surface area contributed by atoms with Crippen molar-refractivity contribution < 1.29 is 4.79 Å². The Bertz CT molecular complexity index is 269. The van der Waals surface area contributed by atoms with E-state index < -0.39 is 0 Å². The lowest BCUT2D eigenvalue weighted by molar-refractivity contribution is -0.117. The molecule has 0 spiro atoms. The number of ketones is 1. The molecule has 13 heavy (non-hydrogen) atoms. The predicted molar refractivity (Wildman–Crippen MR) is 53.5 cm³/mol. The predicted octanol–water partition coefficient (Wildman–Crippen LogP) is 1.71. The van der Waals surface area contributed by atoms with E-state index in [1.54, 1.807) is 6.92 Å². The number of nitrogens with two attached hydrogens (primary N) is 1. The summed E-state index contributed by atoms with van der Waals surface area (Å²) in [5.41, 5.74) is 6.75. The third kappa shape index (κ3) is 2.99. The SMILES string of the molecule is CC(=O)CC(CN)c1ccccc1. The van der Waals surface area contributed by atoms with E-state index in [2.05, 4.69) is 0 Å². The van der Waals surface area contributed by atoms with Crippen molar-refractivity contribution in [1.29, 1.82) is 0 Å². The highest BCUT2D eigenvalue weighted by Gasteiger charge is 2.10. The third-order valence-corrected chi connectivity index (χ3v) is 2.09. The second kappa shape index (κ2) is 4.77. The molecule has 1 aromatic rings. The van der Waals surface area contributed by atoms with E-state index in [1.165, 1.54) is 0 Å². The summed E-state index contributed by atoms with van der Waals surface area (Å²) in [6.45, 7) is 2.13. The van der Waals surface area contributed by atoms with Crippen molar-refractivity contribution in [2.24, 2.45) is 5.73 Å². The van der Waals surface area contributed by atoms with Crippen molar-refractivity contribution in [3.63, 3.8) is 0 Å². The van der Waals surface area contributed by atoms with Gasteiger partial charge in [0.15, 0.2) is 0 Å². The summed E-state index contributed by atoms with van der Waals surface area (Å²) in [4.78, 5) is 10.9. The second-order valence-electron chi connectivity index (χ2n) is 3.25. The number of benzene rings is 1. The molecule has 70 valence electrons. The number of Topliss-reactive ketones (excluding diaryl/α,β-unsaturated/α-hetero) is 1. The molecule has 0 aliphatic carbocycles. The molecule has 0 aromatic heterocycles. The summed E-state index contributed by atoms with van der Waals surface area (Å²) < 4.78 is 0. The second-order valence-corrected chi connectivity index (χ2v) is 3.25. The van der Waals surface area contributed by atoms with Crippen molar-refractivity contribution in [2.75, 3.05) is 6.54 Å². The monoisotopic (exact) mass is 177 g/mol. The Morgan fingerprint density at radius 1 is 1.38 bits per heavy atom. The van der Waals surface area contributed by atoms with Crippen LogP contribution in [0.5, 0.6) is 0 Å². The maximum Gasteiger partial charge on any atom is 0.130 e. The van der Waals surface area contributed by atoms with Gasteiger partial charge in [-0.3, -0.25) is 0 Å². The van der Waals surface area contributed by atoms with Crippen LogP contribution in [0, 0.1) is 0 Å². The number of rotatable bonds is 4. The van der Waals surface area contributed by atoms with E-state index in [-0.39, 0.29) is 11.7 Å². The van der Waals surface area contributed by atoms with Gasteiger partial charge in [0.1, 0.15) is 5.78 Å². The van der Waals surface area contributed by atoms with E-state index in [4.69, 9.17) is 5.73 Å². The zero-order chi connectivity index (χ0) is 9.68. The minimum Gasteiger partial charge on any atom is -0.330 e. The summed E-state index contributed by atoms with van der Waals surface area (Å²) in [6.07, 6.45) is 0.542. The van der Waals surface area contributed by atoms with Gasteiger partial charge in [-0.05, 0) is 19.0 Å². The highest BCUT2D eigenvalue weighted by Crippen LogP contribution is 2.17. The Labute approximate surface area is 78.8 Å². The Balaban J connectivity index is 2.73. The Kier molecular flexibility index (Phi) is 3.65. The maximum atomic E-state index is 10.9. The maximum absolute atomic E-state index is 10.9. The van der Waals surface area contributed by atoms with Crippen LogP contribution in [0.25, 0.3) is 0 Å². The number of carbonyl (C=O) groups is 1. The van der Waals surface area contributed by atoms with Crippen LogP contribution in [0.3, 0.4) is 0 Å². The van der Waals surface area contributed by atoms with Gasteiger partial charge in [-0.25, -0.2) is 0 Å². The van der Waals surface area contributed by atoms with Crippen molar-refractivity contribution in [3.05, 3.63) is 35.9 Å². The highest BCUT2D eigenvalue weighted by molar-refractivity contribution is 5.76. The molecule has 1 atom stereocenters. The van der Waals surface area contributed by atoms with Crippen LogP contribution in [0.2, 0.25) is 0 Å². The zero-order valence-corrected chi connectivity index (χ0v) is 7.86. The molecule has 0 bridgehead atoms. The molecule has 0 aliphatic heterocycles. The molecular formula is C11H15NO. The minimum absolute atomic E-state index is 0.179. The van der Waals surface area contributed by atoms with Crippen LogP contribution < -0.4 is 5.73 Å². The average Bonchev–Trinajstić information content (AvgIpc) is 2.15. The average molecular weight is 177 g/mol. The quantitative estimate of drug-likeness (QED) is 0.760. The normalized spacial score (nSPS) is 12.5. The van der Waals surface area contributed by atoms with Gasteiger partial charge in [0.2, 0.25) is 0 Å². The Morgan fingerprint density at radius 2 is 2.00 bits per heavy atom. The molecule has 0 saturated carbocycles.